The second-order valence-electron chi connectivity index (χ2n) is 0.913. The van der Waals surface area contributed by atoms with Crippen molar-refractivity contribution in [2.45, 2.75) is 13.3 Å². The van der Waals surface area contributed by atoms with Gasteiger partial charge in [-0.25, -0.2) is 4.40 Å². The molecular formula is C3H6NO2S-. The fourth-order valence-electron chi connectivity index (χ4n) is 0.135. The molecule has 3 nitrogen and oxygen atoms in total. The second-order valence-corrected chi connectivity index (χ2v) is 1.56. The molecule has 0 aliphatic carbocycles. The molecule has 0 aliphatic heterocycles. The summed E-state index contributed by atoms with van der Waals surface area (Å²) in [6.45, 7) is 1.82. The molecule has 0 heterocycles. The maximum atomic E-state index is 9.56. The van der Waals surface area contributed by atoms with Crippen molar-refractivity contribution >= 4 is 17.5 Å². The van der Waals surface area contributed by atoms with Crippen molar-refractivity contribution in [3.05, 3.63) is 0 Å². The molecule has 0 aliphatic rings. The summed E-state index contributed by atoms with van der Waals surface area (Å²) in [5, 5.41) is 0. The summed E-state index contributed by atoms with van der Waals surface area (Å²) in [7, 11) is 0. The van der Waals surface area contributed by atoms with Gasteiger partial charge in [-0.2, -0.15) is 0 Å². The summed E-state index contributed by atoms with van der Waals surface area (Å²) in [6.07, 6.45) is 2.00. The average molecular weight is 120 g/mol. The van der Waals surface area contributed by atoms with Crippen LogP contribution in [-0.2, 0) is 11.3 Å². The van der Waals surface area contributed by atoms with Crippen molar-refractivity contribution in [1.82, 2.24) is 0 Å². The number of hydrogen-bond donors (Lipinski definition) is 0. The maximum absolute atomic E-state index is 9.56. The Labute approximate surface area is 44.9 Å². The first kappa shape index (κ1) is 6.78. The zero-order chi connectivity index (χ0) is 5.70. The van der Waals surface area contributed by atoms with Crippen LogP contribution in [0.5, 0.6) is 0 Å². The van der Waals surface area contributed by atoms with Gasteiger partial charge in [0.15, 0.2) is 0 Å². The highest BCUT2D eigenvalue weighted by atomic mass is 32.2. The summed E-state index contributed by atoms with van der Waals surface area (Å²) in [5.74, 6) is 0. The van der Waals surface area contributed by atoms with Gasteiger partial charge in [0.25, 0.3) is 0 Å². The molecular weight excluding hydrogens is 114 g/mol. The van der Waals surface area contributed by atoms with E-state index >= 15 is 0 Å². The van der Waals surface area contributed by atoms with E-state index in [1.165, 1.54) is 6.21 Å². The molecule has 0 bridgehead atoms. The summed E-state index contributed by atoms with van der Waals surface area (Å²) in [6, 6.07) is 0. The third kappa shape index (κ3) is 5.78. The largest absolute Gasteiger partial charge is 0.754 e. The van der Waals surface area contributed by atoms with Gasteiger partial charge in [0, 0.05) is 6.21 Å². The standard InChI is InChI=1S/C3H7NO2S/c1-2-3-4-7(5)6/h3H,2H2,1H3,(H,5,6)/p-1. The van der Waals surface area contributed by atoms with E-state index in [0.29, 0.717) is 6.42 Å². The summed E-state index contributed by atoms with van der Waals surface area (Å²) >= 11 is -2.25. The minimum Gasteiger partial charge on any atom is -0.754 e. The molecule has 0 radical (unpaired) electrons. The van der Waals surface area contributed by atoms with Crippen LogP contribution in [0.3, 0.4) is 0 Å². The molecule has 1 unspecified atom stereocenters. The first-order valence-corrected chi connectivity index (χ1v) is 2.92. The summed E-state index contributed by atoms with van der Waals surface area (Å²) in [4.78, 5) is 0. The molecule has 0 saturated heterocycles. The van der Waals surface area contributed by atoms with E-state index in [2.05, 4.69) is 4.40 Å². The predicted octanol–water partition coefficient (Wildman–Crippen LogP) is 0.261. The monoisotopic (exact) mass is 120 g/mol. The number of rotatable bonds is 2. The Morgan fingerprint density at radius 2 is 2.57 bits per heavy atom. The molecule has 7 heavy (non-hydrogen) atoms. The number of nitrogens with zero attached hydrogens (tertiary/aromatic N) is 1. The van der Waals surface area contributed by atoms with Crippen LogP contribution < -0.4 is 0 Å². The SMILES string of the molecule is CCC=NS(=O)[O-]. The highest BCUT2D eigenvalue weighted by molar-refractivity contribution is 7.77. The average Bonchev–Trinajstić information content (AvgIpc) is 1.61. The van der Waals surface area contributed by atoms with Gasteiger partial charge in [-0.1, -0.05) is 6.92 Å². The molecule has 0 aromatic carbocycles. The van der Waals surface area contributed by atoms with Crippen LogP contribution >= 0.6 is 0 Å². The number of hydrogen-bond acceptors (Lipinski definition) is 2. The maximum Gasteiger partial charge on any atom is 0.0673 e. The van der Waals surface area contributed by atoms with E-state index in [9.17, 15) is 8.76 Å². The Kier molecular flexibility index (Phi) is 3.83. The van der Waals surface area contributed by atoms with E-state index in [1.807, 2.05) is 6.92 Å². The summed E-state index contributed by atoms with van der Waals surface area (Å²) in [5.41, 5.74) is 0. The highest BCUT2D eigenvalue weighted by Crippen LogP contribution is 1.72. The smallest absolute Gasteiger partial charge is 0.0673 e. The third-order valence-corrected chi connectivity index (χ3v) is 0.664. The minimum atomic E-state index is -2.25. The Morgan fingerprint density at radius 1 is 2.00 bits per heavy atom. The van der Waals surface area contributed by atoms with Gasteiger partial charge in [0.05, 0.1) is 11.3 Å². The van der Waals surface area contributed by atoms with Gasteiger partial charge in [-0.05, 0) is 6.42 Å². The third-order valence-electron chi connectivity index (χ3n) is 0.343. The lowest BCUT2D eigenvalue weighted by Gasteiger charge is -1.90. The predicted molar refractivity (Wildman–Crippen MR) is 27.7 cm³/mol. The van der Waals surface area contributed by atoms with Gasteiger partial charge in [-0.15, -0.1) is 0 Å². The fraction of sp³-hybridized carbons (Fsp3) is 0.667. The van der Waals surface area contributed by atoms with Crippen molar-refractivity contribution in [2.75, 3.05) is 0 Å². The lowest BCUT2D eigenvalue weighted by atomic mass is 10.6. The molecule has 0 rings (SSSR count). The Hall–Kier alpha value is -0.220. The lowest BCUT2D eigenvalue weighted by Crippen LogP contribution is -1.78. The van der Waals surface area contributed by atoms with Crippen LogP contribution in [-0.4, -0.2) is 15.0 Å². The normalized spacial score (nSPS) is 15.1. The van der Waals surface area contributed by atoms with Crippen LogP contribution in [0.1, 0.15) is 13.3 Å². The molecule has 0 saturated carbocycles. The molecule has 0 spiro atoms. The second kappa shape index (κ2) is 3.95. The van der Waals surface area contributed by atoms with Gasteiger partial charge in [0.1, 0.15) is 0 Å². The van der Waals surface area contributed by atoms with Crippen LogP contribution in [0, 0.1) is 0 Å². The van der Waals surface area contributed by atoms with Crippen molar-refractivity contribution in [3.63, 3.8) is 0 Å². The van der Waals surface area contributed by atoms with E-state index in [-0.39, 0.29) is 0 Å². The molecule has 0 aromatic heterocycles. The Bertz CT molecular complexity index is 90.9. The summed E-state index contributed by atoms with van der Waals surface area (Å²) < 4.78 is 22.2. The van der Waals surface area contributed by atoms with Crippen molar-refractivity contribution in [2.24, 2.45) is 4.40 Å². The highest BCUT2D eigenvalue weighted by Gasteiger charge is 1.64. The van der Waals surface area contributed by atoms with Crippen LogP contribution in [0.2, 0.25) is 0 Å². The fourth-order valence-corrected chi connectivity index (χ4v) is 0.406. The van der Waals surface area contributed by atoms with Crippen LogP contribution in [0.4, 0.5) is 0 Å². The van der Waals surface area contributed by atoms with Gasteiger partial charge in [-0.3, -0.25) is 4.21 Å². The van der Waals surface area contributed by atoms with Crippen molar-refractivity contribution in [3.8, 4) is 0 Å². The molecule has 0 amide bonds. The molecule has 1 atom stereocenters. The van der Waals surface area contributed by atoms with E-state index in [1.54, 1.807) is 0 Å². The quantitative estimate of drug-likeness (QED) is 0.387. The molecule has 42 valence electrons. The topological polar surface area (TPSA) is 52.5 Å². The zero-order valence-corrected chi connectivity index (χ0v) is 4.77. The molecule has 0 N–H and O–H groups in total. The molecule has 0 fully saturated rings. The minimum absolute atomic E-state index is 0.661. The zero-order valence-electron chi connectivity index (χ0n) is 3.96. The Balaban J connectivity index is 3.26. The van der Waals surface area contributed by atoms with Crippen molar-refractivity contribution in [1.29, 1.82) is 0 Å². The molecule has 0 aromatic rings. The van der Waals surface area contributed by atoms with Crippen molar-refractivity contribution < 1.29 is 8.76 Å². The first-order chi connectivity index (χ1) is 3.27. The van der Waals surface area contributed by atoms with E-state index in [4.69, 9.17) is 0 Å². The molecule has 4 heteroatoms. The lowest BCUT2D eigenvalue weighted by molar-refractivity contribution is 0.539. The Morgan fingerprint density at radius 3 is 2.71 bits per heavy atom. The van der Waals surface area contributed by atoms with Gasteiger partial charge >= 0.3 is 0 Å². The van der Waals surface area contributed by atoms with Crippen LogP contribution in [0.15, 0.2) is 4.40 Å². The van der Waals surface area contributed by atoms with Crippen LogP contribution in [0.25, 0.3) is 0 Å². The first-order valence-electron chi connectivity index (χ1n) is 1.89. The van der Waals surface area contributed by atoms with E-state index < -0.39 is 11.3 Å². The van der Waals surface area contributed by atoms with Gasteiger partial charge < -0.3 is 4.55 Å². The van der Waals surface area contributed by atoms with E-state index in [0.717, 1.165) is 0 Å². The van der Waals surface area contributed by atoms with Gasteiger partial charge in [0.2, 0.25) is 0 Å².